The van der Waals surface area contributed by atoms with Crippen LogP contribution in [0.1, 0.15) is 27.8 Å². The summed E-state index contributed by atoms with van der Waals surface area (Å²) in [5.74, 6) is -1.84. The van der Waals surface area contributed by atoms with Crippen LogP contribution in [0, 0.1) is 41.9 Å². The summed E-state index contributed by atoms with van der Waals surface area (Å²) in [6.45, 7) is 11.4. The van der Waals surface area contributed by atoms with Crippen molar-refractivity contribution in [3.8, 4) is 6.07 Å². The number of nitrogens with zero attached hydrogens (tertiary/aromatic N) is 3. The zero-order valence-electron chi connectivity index (χ0n) is 32.5. The number of halogens is 5. The molecule has 0 aliphatic heterocycles. The van der Waals surface area contributed by atoms with E-state index < -0.39 is 24.2 Å². The maximum atomic E-state index is 12.8. The lowest BCUT2D eigenvalue weighted by molar-refractivity contribution is -0.134. The monoisotopic (exact) mass is 902 g/mol. The highest BCUT2D eigenvalue weighted by Gasteiger charge is 2.11. The van der Waals surface area contributed by atoms with Crippen LogP contribution in [0.2, 0.25) is 0 Å². The minimum atomic E-state index is -1.06. The lowest BCUT2D eigenvalue weighted by atomic mass is 10.2. The lowest BCUT2D eigenvalue weighted by Gasteiger charge is -2.03. The van der Waals surface area contributed by atoms with Gasteiger partial charge in [0.1, 0.15) is 59.6 Å². The van der Waals surface area contributed by atoms with E-state index in [2.05, 4.69) is 20.3 Å². The average Bonchev–Trinajstić information content (AvgIpc) is 3.94. The van der Waals surface area contributed by atoms with Crippen LogP contribution in [0.15, 0.2) is 111 Å². The topological polar surface area (TPSA) is 258 Å². The Morgan fingerprint density at radius 1 is 0.742 bits per heavy atom. The molecule has 2 heterocycles. The first-order valence-corrected chi connectivity index (χ1v) is 17.8. The Balaban J connectivity index is 0. The summed E-state index contributed by atoms with van der Waals surface area (Å²) in [5, 5.41) is 46.1. The van der Waals surface area contributed by atoms with Crippen molar-refractivity contribution >= 4 is 70.4 Å². The number of aliphatic carboxylic acids is 1. The number of amides is 2. The number of nitrogens with one attached hydrogen (secondary N) is 2. The molecule has 8 N–H and O–H groups in total. The first-order chi connectivity index (χ1) is 29.7. The number of benzene rings is 3. The molecule has 0 spiro atoms. The number of carboxylic acids is 1. The van der Waals surface area contributed by atoms with Crippen molar-refractivity contribution in [2.45, 2.75) is 13.2 Å². The summed E-state index contributed by atoms with van der Waals surface area (Å²) in [4.78, 5) is 47.6. The highest BCUT2D eigenvalue weighted by Crippen LogP contribution is 2.15. The van der Waals surface area contributed by atoms with Gasteiger partial charge in [-0.15, -0.1) is 23.2 Å². The SMILES string of the molecule is CO.ClCCl.N#C/C(=C/c1ccc(CO)o1)C(=O)Nc1ccc(F)cc1.Nc1ccc(F)cc1.O=Cc1ccc(CO)o1.[C-]#[N+]CC(=O)Nc1ccc(F)cc1.[C-]#[N+]CC(=O)O. The van der Waals surface area contributed by atoms with Gasteiger partial charge in [0.15, 0.2) is 12.0 Å². The Morgan fingerprint density at radius 3 is 1.47 bits per heavy atom. The zero-order chi connectivity index (χ0) is 47.3. The fourth-order valence-corrected chi connectivity index (χ4v) is 3.46. The molecule has 0 saturated carbocycles. The molecule has 5 rings (SSSR count). The number of hydrogen-bond donors (Lipinski definition) is 7. The molecule has 2 aromatic heterocycles. The minimum Gasteiger partial charge on any atom is -0.476 e. The third-order valence-corrected chi connectivity index (χ3v) is 5.98. The molecule has 0 radical (unpaired) electrons. The molecule has 3 aromatic carbocycles. The van der Waals surface area contributed by atoms with Gasteiger partial charge in [0.2, 0.25) is 0 Å². The molecule has 62 heavy (non-hydrogen) atoms. The van der Waals surface area contributed by atoms with E-state index in [9.17, 15) is 32.3 Å². The van der Waals surface area contributed by atoms with Gasteiger partial charge in [-0.05, 0) is 97.1 Å². The second kappa shape index (κ2) is 35.5. The normalized spacial score (nSPS) is 9.16. The largest absolute Gasteiger partial charge is 0.476 e. The van der Waals surface area contributed by atoms with Crippen molar-refractivity contribution in [3.05, 3.63) is 166 Å². The van der Waals surface area contributed by atoms with Gasteiger partial charge in [-0.3, -0.25) is 14.4 Å². The summed E-state index contributed by atoms with van der Waals surface area (Å²) in [6.07, 6.45) is 1.86. The van der Waals surface area contributed by atoms with E-state index in [4.69, 9.17) is 76.6 Å². The number of aliphatic hydroxyl groups is 3. The van der Waals surface area contributed by atoms with Gasteiger partial charge in [-0.2, -0.15) is 5.26 Å². The maximum Gasteiger partial charge on any atom is 0.384 e. The number of aldehydes is 1. The number of rotatable bonds is 9. The standard InChI is InChI=1S/C15H11FN2O3.C9H7FN2O.C6H6FN.C6H6O3.C3H3NO2.CH2Cl2.CH4O/c16-11-1-3-12(4-2-11)18-15(20)10(8-17)7-13-5-6-14(9-19)21-13;1-11-6-9(13)12-8-4-2-7(10)3-5-8;7-5-1-3-6(8)4-2-5;7-3-5-1-2-6(4-8)9-5;1-4-2-3(5)6;2-1-3;1-2/h1-7,19H,9H2,(H,18,20);2-5H,6H2,(H,12,13);1-4H,8H2;1-3,8H,4H2;2H2,(H,5,6);1H2;2H,1H3/b10-7-;;;;;;. The van der Waals surface area contributed by atoms with Crippen LogP contribution in [0.5, 0.6) is 0 Å². The van der Waals surface area contributed by atoms with Crippen molar-refractivity contribution < 1.29 is 61.6 Å². The van der Waals surface area contributed by atoms with Crippen molar-refractivity contribution in [2.24, 2.45) is 0 Å². The molecule has 5 aromatic rings. The molecule has 16 nitrogen and oxygen atoms in total. The minimum absolute atomic E-state index is 0.159. The molecule has 0 aliphatic carbocycles. The Hall–Kier alpha value is -7.44. The Labute approximate surface area is 363 Å². The highest BCUT2D eigenvalue weighted by molar-refractivity contribution is 6.40. The maximum absolute atomic E-state index is 12.8. The summed E-state index contributed by atoms with van der Waals surface area (Å²) < 4.78 is 47.1. The molecule has 2 amide bonds. The van der Waals surface area contributed by atoms with Gasteiger partial charge in [0.25, 0.3) is 12.5 Å². The van der Waals surface area contributed by atoms with Gasteiger partial charge in [0, 0.05) is 30.2 Å². The third-order valence-electron chi connectivity index (χ3n) is 5.98. The van der Waals surface area contributed by atoms with Crippen LogP contribution in [-0.4, -0.2) is 70.0 Å². The van der Waals surface area contributed by atoms with Crippen LogP contribution >= 0.6 is 23.2 Å². The number of nitrogens with two attached hydrogens (primary N) is 1. The average molecular weight is 904 g/mol. The van der Waals surface area contributed by atoms with Crippen LogP contribution < -0.4 is 16.4 Å². The van der Waals surface area contributed by atoms with E-state index in [0.29, 0.717) is 34.9 Å². The molecule has 0 bridgehead atoms. The summed E-state index contributed by atoms with van der Waals surface area (Å²) >= 11 is 9.53. The van der Waals surface area contributed by atoms with Crippen molar-refractivity contribution in [3.63, 3.8) is 0 Å². The van der Waals surface area contributed by atoms with E-state index >= 15 is 0 Å². The van der Waals surface area contributed by atoms with Crippen molar-refractivity contribution in [2.75, 3.05) is 41.9 Å². The molecule has 21 heteroatoms. The van der Waals surface area contributed by atoms with Crippen molar-refractivity contribution in [1.29, 1.82) is 5.26 Å². The third kappa shape index (κ3) is 28.1. The van der Waals surface area contributed by atoms with Gasteiger partial charge >= 0.3 is 18.4 Å². The Morgan fingerprint density at radius 2 is 1.15 bits per heavy atom. The number of aliphatic hydroxyl groups excluding tert-OH is 3. The lowest BCUT2D eigenvalue weighted by Crippen LogP contribution is -2.13. The highest BCUT2D eigenvalue weighted by atomic mass is 35.5. The van der Waals surface area contributed by atoms with E-state index in [0.717, 1.165) is 7.11 Å². The van der Waals surface area contributed by atoms with Gasteiger partial charge < -0.3 is 55.3 Å². The number of anilines is 3. The van der Waals surface area contributed by atoms with Crippen LogP contribution in [0.4, 0.5) is 30.2 Å². The fourth-order valence-electron chi connectivity index (χ4n) is 3.46. The number of carbonyl (C=O) groups excluding carboxylic acids is 3. The van der Waals surface area contributed by atoms with E-state index in [-0.39, 0.29) is 59.7 Å². The van der Waals surface area contributed by atoms with E-state index in [1.54, 1.807) is 18.2 Å². The number of furan rings is 2. The molecule has 0 aliphatic rings. The van der Waals surface area contributed by atoms with Gasteiger partial charge in [0.05, 0.1) is 5.34 Å². The van der Waals surface area contributed by atoms with E-state index in [1.807, 2.05) is 0 Å². The van der Waals surface area contributed by atoms with Crippen LogP contribution in [0.3, 0.4) is 0 Å². The summed E-state index contributed by atoms with van der Waals surface area (Å²) in [6, 6.07) is 24.2. The van der Waals surface area contributed by atoms with Crippen molar-refractivity contribution in [1.82, 2.24) is 0 Å². The predicted octanol–water partition coefficient (Wildman–Crippen LogP) is 7.15. The Bertz CT molecular complexity index is 2200. The molecule has 0 unspecified atom stereocenters. The second-order valence-electron chi connectivity index (χ2n) is 10.4. The smallest absolute Gasteiger partial charge is 0.384 e. The molecular weight excluding hydrogens is 864 g/mol. The first kappa shape index (κ1) is 56.7. The number of carboxylic acid groups (broad SMARTS) is 1. The first-order valence-electron chi connectivity index (χ1n) is 16.7. The van der Waals surface area contributed by atoms with Gasteiger partial charge in [-0.1, -0.05) is 0 Å². The summed E-state index contributed by atoms with van der Waals surface area (Å²) in [7, 11) is 1.00. The second-order valence-corrected chi connectivity index (χ2v) is 11.2. The quantitative estimate of drug-likeness (QED) is 0.0194. The number of hydrogen-bond acceptors (Lipinski definition) is 11. The van der Waals surface area contributed by atoms with Gasteiger partial charge in [-0.25, -0.2) is 31.1 Å². The molecule has 0 fully saturated rings. The van der Waals surface area contributed by atoms with Crippen LogP contribution in [0.25, 0.3) is 15.8 Å². The van der Waals surface area contributed by atoms with E-state index in [1.165, 1.54) is 91.0 Å². The molecule has 0 atom stereocenters. The predicted molar refractivity (Wildman–Crippen MR) is 224 cm³/mol. The molecule has 328 valence electrons. The molecule has 0 saturated heterocycles. The number of alkyl halides is 2. The Kier molecular flexibility index (Phi) is 32.4. The number of nitrogen functional groups attached to an aromatic ring is 1. The summed E-state index contributed by atoms with van der Waals surface area (Å²) in [5.41, 5.74) is 6.55. The number of carbonyl (C=O) groups is 4. The van der Waals surface area contributed by atoms with Crippen LogP contribution in [-0.2, 0) is 27.6 Å². The molecular formula is C41H39Cl2F3N6O10. The fraction of sp³-hybridized carbons (Fsp3) is 0.146. The number of nitriles is 1. The zero-order valence-corrected chi connectivity index (χ0v) is 34.0.